The van der Waals surface area contributed by atoms with Crippen LogP contribution in [0, 0.1) is 0 Å². The SMILES string of the molecule is OC(CNCc1ccno1)COCC1CCCO1. The first kappa shape index (κ1) is 13.5. The van der Waals surface area contributed by atoms with Gasteiger partial charge in [-0.1, -0.05) is 5.16 Å². The molecule has 0 bridgehead atoms. The highest BCUT2D eigenvalue weighted by Gasteiger charge is 2.16. The molecule has 0 aromatic carbocycles. The van der Waals surface area contributed by atoms with Gasteiger partial charge in [0.1, 0.15) is 5.76 Å². The lowest BCUT2D eigenvalue weighted by Gasteiger charge is -2.14. The Labute approximate surface area is 106 Å². The molecule has 2 atom stereocenters. The number of ether oxygens (including phenoxy) is 2. The third-order valence-electron chi connectivity index (χ3n) is 2.81. The Morgan fingerprint density at radius 1 is 1.61 bits per heavy atom. The van der Waals surface area contributed by atoms with Crippen LogP contribution < -0.4 is 5.32 Å². The zero-order chi connectivity index (χ0) is 12.6. The van der Waals surface area contributed by atoms with Gasteiger partial charge in [-0.15, -0.1) is 0 Å². The van der Waals surface area contributed by atoms with Crippen molar-refractivity contribution in [2.24, 2.45) is 0 Å². The number of hydrogen-bond donors (Lipinski definition) is 2. The summed E-state index contributed by atoms with van der Waals surface area (Å²) in [6.45, 7) is 2.74. The summed E-state index contributed by atoms with van der Waals surface area (Å²) < 4.78 is 15.8. The summed E-state index contributed by atoms with van der Waals surface area (Å²) in [5.41, 5.74) is 0. The zero-order valence-corrected chi connectivity index (χ0v) is 10.4. The summed E-state index contributed by atoms with van der Waals surface area (Å²) in [4.78, 5) is 0. The van der Waals surface area contributed by atoms with E-state index in [2.05, 4.69) is 10.5 Å². The number of nitrogens with zero attached hydrogens (tertiary/aromatic N) is 1. The second-order valence-electron chi connectivity index (χ2n) is 4.44. The van der Waals surface area contributed by atoms with Crippen LogP contribution in [-0.4, -0.2) is 48.8 Å². The smallest absolute Gasteiger partial charge is 0.150 e. The van der Waals surface area contributed by atoms with E-state index in [4.69, 9.17) is 14.0 Å². The lowest BCUT2D eigenvalue weighted by Crippen LogP contribution is -2.31. The summed E-state index contributed by atoms with van der Waals surface area (Å²) in [6, 6.07) is 1.79. The highest BCUT2D eigenvalue weighted by atomic mass is 16.5. The molecule has 0 saturated carbocycles. The van der Waals surface area contributed by atoms with Crippen LogP contribution in [0.1, 0.15) is 18.6 Å². The maximum Gasteiger partial charge on any atom is 0.150 e. The van der Waals surface area contributed by atoms with Crippen LogP contribution in [0.3, 0.4) is 0 Å². The zero-order valence-electron chi connectivity index (χ0n) is 10.4. The molecule has 6 nitrogen and oxygen atoms in total. The van der Waals surface area contributed by atoms with Crippen molar-refractivity contribution in [2.45, 2.75) is 31.6 Å². The van der Waals surface area contributed by atoms with Crippen molar-refractivity contribution in [3.8, 4) is 0 Å². The van der Waals surface area contributed by atoms with Crippen LogP contribution in [-0.2, 0) is 16.0 Å². The predicted molar refractivity (Wildman–Crippen MR) is 64.0 cm³/mol. The Bertz CT molecular complexity index is 312. The molecule has 1 aromatic heterocycles. The van der Waals surface area contributed by atoms with Gasteiger partial charge in [0, 0.05) is 19.2 Å². The largest absolute Gasteiger partial charge is 0.389 e. The Hall–Kier alpha value is -0.950. The molecule has 1 fully saturated rings. The van der Waals surface area contributed by atoms with E-state index in [1.165, 1.54) is 0 Å². The van der Waals surface area contributed by atoms with Crippen LogP contribution >= 0.6 is 0 Å². The summed E-state index contributed by atoms with van der Waals surface area (Å²) in [5.74, 6) is 0.752. The Morgan fingerprint density at radius 3 is 3.28 bits per heavy atom. The molecular weight excluding hydrogens is 236 g/mol. The average molecular weight is 256 g/mol. The third-order valence-corrected chi connectivity index (χ3v) is 2.81. The number of nitrogens with one attached hydrogen (secondary N) is 1. The second kappa shape index (κ2) is 7.48. The van der Waals surface area contributed by atoms with E-state index in [1.54, 1.807) is 12.3 Å². The van der Waals surface area contributed by atoms with Gasteiger partial charge in [-0.25, -0.2) is 0 Å². The van der Waals surface area contributed by atoms with Crippen LogP contribution in [0.5, 0.6) is 0 Å². The van der Waals surface area contributed by atoms with Crippen molar-refractivity contribution in [3.05, 3.63) is 18.0 Å². The monoisotopic (exact) mass is 256 g/mol. The van der Waals surface area contributed by atoms with E-state index in [1.807, 2.05) is 0 Å². The molecule has 6 heteroatoms. The third kappa shape index (κ3) is 4.73. The average Bonchev–Trinajstić information content (AvgIpc) is 3.01. The molecule has 2 unspecified atom stereocenters. The van der Waals surface area contributed by atoms with Gasteiger partial charge >= 0.3 is 0 Å². The van der Waals surface area contributed by atoms with Crippen molar-refractivity contribution in [2.75, 3.05) is 26.4 Å². The fourth-order valence-electron chi connectivity index (χ4n) is 1.87. The minimum atomic E-state index is -0.519. The summed E-state index contributed by atoms with van der Waals surface area (Å²) in [7, 11) is 0. The normalized spacial score (nSPS) is 21.3. The molecule has 102 valence electrons. The molecule has 2 heterocycles. The number of rotatable bonds is 8. The molecule has 1 aliphatic rings. The Morgan fingerprint density at radius 2 is 2.56 bits per heavy atom. The first-order chi connectivity index (χ1) is 8.84. The maximum atomic E-state index is 9.68. The first-order valence-electron chi connectivity index (χ1n) is 6.32. The Balaban J connectivity index is 1.48. The van der Waals surface area contributed by atoms with E-state index in [0.717, 1.165) is 25.2 Å². The highest BCUT2D eigenvalue weighted by molar-refractivity contribution is 4.91. The molecular formula is C12H20N2O4. The molecule has 1 saturated heterocycles. The van der Waals surface area contributed by atoms with Gasteiger partial charge in [-0.05, 0) is 12.8 Å². The van der Waals surface area contributed by atoms with E-state index in [0.29, 0.717) is 26.3 Å². The molecule has 18 heavy (non-hydrogen) atoms. The molecule has 2 N–H and O–H groups in total. The molecule has 1 aliphatic heterocycles. The summed E-state index contributed by atoms with van der Waals surface area (Å²) in [6.07, 6.45) is 3.45. The van der Waals surface area contributed by atoms with Crippen molar-refractivity contribution >= 4 is 0 Å². The van der Waals surface area contributed by atoms with Crippen molar-refractivity contribution < 1.29 is 19.1 Å². The minimum Gasteiger partial charge on any atom is -0.389 e. The van der Waals surface area contributed by atoms with Gasteiger partial charge in [0.2, 0.25) is 0 Å². The van der Waals surface area contributed by atoms with Gasteiger partial charge in [0.15, 0.2) is 0 Å². The molecule has 0 spiro atoms. The molecule has 0 amide bonds. The predicted octanol–water partition coefficient (Wildman–Crippen LogP) is 0.321. The lowest BCUT2D eigenvalue weighted by atomic mass is 10.2. The fraction of sp³-hybridized carbons (Fsp3) is 0.750. The molecule has 2 rings (SSSR count). The summed E-state index contributed by atoms with van der Waals surface area (Å²) >= 11 is 0. The van der Waals surface area contributed by atoms with Gasteiger partial charge in [0.05, 0.1) is 38.2 Å². The van der Waals surface area contributed by atoms with E-state index >= 15 is 0 Å². The van der Waals surface area contributed by atoms with E-state index in [9.17, 15) is 5.11 Å². The van der Waals surface area contributed by atoms with E-state index in [-0.39, 0.29) is 6.10 Å². The van der Waals surface area contributed by atoms with Crippen LogP contribution in [0.4, 0.5) is 0 Å². The fourth-order valence-corrected chi connectivity index (χ4v) is 1.87. The number of aliphatic hydroxyl groups is 1. The van der Waals surface area contributed by atoms with E-state index < -0.39 is 6.10 Å². The topological polar surface area (TPSA) is 76.8 Å². The standard InChI is InChI=1S/C12H20N2O4/c15-10(6-13-7-11-3-4-14-18-11)8-16-9-12-2-1-5-17-12/h3-4,10,12-13,15H,1-2,5-9H2. The lowest BCUT2D eigenvalue weighted by molar-refractivity contribution is -0.0165. The molecule has 0 aliphatic carbocycles. The number of aromatic nitrogens is 1. The molecule has 0 radical (unpaired) electrons. The van der Waals surface area contributed by atoms with Gasteiger partial charge in [-0.3, -0.25) is 0 Å². The minimum absolute atomic E-state index is 0.208. The number of hydrogen-bond acceptors (Lipinski definition) is 6. The van der Waals surface area contributed by atoms with Gasteiger partial charge in [0.25, 0.3) is 0 Å². The van der Waals surface area contributed by atoms with Crippen molar-refractivity contribution in [1.82, 2.24) is 10.5 Å². The second-order valence-corrected chi connectivity index (χ2v) is 4.44. The van der Waals surface area contributed by atoms with Crippen LogP contribution in [0.15, 0.2) is 16.8 Å². The Kier molecular flexibility index (Phi) is 5.60. The molecule has 1 aromatic rings. The van der Waals surface area contributed by atoms with Crippen molar-refractivity contribution in [3.63, 3.8) is 0 Å². The van der Waals surface area contributed by atoms with Crippen LogP contribution in [0.25, 0.3) is 0 Å². The number of aliphatic hydroxyl groups excluding tert-OH is 1. The summed E-state index contributed by atoms with van der Waals surface area (Å²) in [5, 5.41) is 16.3. The van der Waals surface area contributed by atoms with Crippen molar-refractivity contribution in [1.29, 1.82) is 0 Å². The highest BCUT2D eigenvalue weighted by Crippen LogP contribution is 2.11. The van der Waals surface area contributed by atoms with Gasteiger partial charge in [-0.2, -0.15) is 0 Å². The maximum absolute atomic E-state index is 9.68. The quantitative estimate of drug-likeness (QED) is 0.697. The van der Waals surface area contributed by atoms with Gasteiger partial charge < -0.3 is 24.4 Å². The van der Waals surface area contributed by atoms with Crippen LogP contribution in [0.2, 0.25) is 0 Å². The first-order valence-corrected chi connectivity index (χ1v) is 6.32.